The molecule has 2 unspecified atom stereocenters. The van der Waals surface area contributed by atoms with E-state index in [-0.39, 0.29) is 25.4 Å². The Morgan fingerprint density at radius 2 is 0.909 bits per heavy atom. The molecule has 0 aliphatic heterocycles. The number of rotatable bonds is 14. The zero-order valence-corrected chi connectivity index (χ0v) is 14.8. The Hall–Kier alpha value is -0.160. The molecule has 0 amide bonds. The first-order chi connectivity index (χ1) is 10.6. The van der Waals surface area contributed by atoms with E-state index < -0.39 is 0 Å². The maximum Gasteiger partial charge on any atom is 0.0562 e. The average Bonchev–Trinajstić information content (AvgIpc) is 2.49. The van der Waals surface area contributed by atoms with Crippen molar-refractivity contribution in [3.8, 4) is 0 Å². The SMILES string of the molecule is CCCCCCC(O)CCO.CCCCCCC(O)CCO. The second kappa shape index (κ2) is 20.8. The molecular weight excluding hydrogens is 280 g/mol. The Morgan fingerprint density at radius 3 is 1.18 bits per heavy atom. The number of unbranched alkanes of at least 4 members (excludes halogenated alkanes) is 6. The van der Waals surface area contributed by atoms with Crippen LogP contribution < -0.4 is 0 Å². The van der Waals surface area contributed by atoms with Crippen molar-refractivity contribution in [3.63, 3.8) is 0 Å². The smallest absolute Gasteiger partial charge is 0.0562 e. The van der Waals surface area contributed by atoms with Crippen LogP contribution in [0, 0.1) is 0 Å². The molecule has 0 aliphatic carbocycles. The summed E-state index contributed by atoms with van der Waals surface area (Å²) in [6.07, 6.45) is 11.8. The molecule has 0 heterocycles. The summed E-state index contributed by atoms with van der Waals surface area (Å²) in [5, 5.41) is 35.3. The van der Waals surface area contributed by atoms with Gasteiger partial charge in [0.05, 0.1) is 12.2 Å². The molecule has 0 saturated carbocycles. The summed E-state index contributed by atoms with van der Waals surface area (Å²) in [5.74, 6) is 0. The molecule has 0 saturated heterocycles. The van der Waals surface area contributed by atoms with Crippen LogP contribution >= 0.6 is 0 Å². The van der Waals surface area contributed by atoms with Crippen LogP contribution in [-0.2, 0) is 0 Å². The van der Waals surface area contributed by atoms with Crippen LogP contribution in [0.5, 0.6) is 0 Å². The topological polar surface area (TPSA) is 80.9 Å². The van der Waals surface area contributed by atoms with Crippen molar-refractivity contribution in [2.24, 2.45) is 0 Å². The van der Waals surface area contributed by atoms with E-state index in [1.807, 2.05) is 0 Å². The first kappa shape index (κ1) is 24.1. The molecule has 2 atom stereocenters. The quantitative estimate of drug-likeness (QED) is 0.370. The third-order valence-electron chi connectivity index (χ3n) is 3.71. The third kappa shape index (κ3) is 22.1. The standard InChI is InChI=1S/2C9H20O2/c2*1-2-3-4-5-6-9(11)7-8-10/h2*9-11H,2-8H2,1H3. The molecule has 136 valence electrons. The van der Waals surface area contributed by atoms with Gasteiger partial charge >= 0.3 is 0 Å². The van der Waals surface area contributed by atoms with Gasteiger partial charge in [0, 0.05) is 13.2 Å². The van der Waals surface area contributed by atoms with Crippen LogP contribution in [-0.4, -0.2) is 45.8 Å². The predicted molar refractivity (Wildman–Crippen MR) is 92.9 cm³/mol. The largest absolute Gasteiger partial charge is 0.396 e. The molecule has 4 nitrogen and oxygen atoms in total. The van der Waals surface area contributed by atoms with Gasteiger partial charge in [-0.05, 0) is 25.7 Å². The van der Waals surface area contributed by atoms with Crippen molar-refractivity contribution >= 4 is 0 Å². The van der Waals surface area contributed by atoms with Gasteiger partial charge in [-0.15, -0.1) is 0 Å². The van der Waals surface area contributed by atoms with Crippen molar-refractivity contribution in [2.45, 2.75) is 103 Å². The minimum absolute atomic E-state index is 0.106. The van der Waals surface area contributed by atoms with Gasteiger partial charge in [-0.25, -0.2) is 0 Å². The van der Waals surface area contributed by atoms with E-state index in [9.17, 15) is 10.2 Å². The molecule has 0 aromatic rings. The van der Waals surface area contributed by atoms with Crippen LogP contribution in [0.4, 0.5) is 0 Å². The van der Waals surface area contributed by atoms with Crippen molar-refractivity contribution in [2.75, 3.05) is 13.2 Å². The summed E-state index contributed by atoms with van der Waals surface area (Å²) in [7, 11) is 0. The van der Waals surface area contributed by atoms with E-state index in [2.05, 4.69) is 13.8 Å². The summed E-state index contributed by atoms with van der Waals surface area (Å²) >= 11 is 0. The maximum atomic E-state index is 9.19. The van der Waals surface area contributed by atoms with Crippen LogP contribution in [0.25, 0.3) is 0 Å². The van der Waals surface area contributed by atoms with E-state index in [4.69, 9.17) is 10.2 Å². The van der Waals surface area contributed by atoms with Gasteiger partial charge in [-0.2, -0.15) is 0 Å². The van der Waals surface area contributed by atoms with Gasteiger partial charge in [0.15, 0.2) is 0 Å². The van der Waals surface area contributed by atoms with E-state index >= 15 is 0 Å². The zero-order valence-electron chi connectivity index (χ0n) is 14.8. The summed E-state index contributed by atoms with van der Waals surface area (Å²) in [6, 6.07) is 0. The normalized spacial score (nSPS) is 13.4. The number of aliphatic hydroxyl groups is 4. The average molecular weight is 321 g/mol. The molecule has 22 heavy (non-hydrogen) atoms. The van der Waals surface area contributed by atoms with Crippen LogP contribution in [0.3, 0.4) is 0 Å². The highest BCUT2D eigenvalue weighted by atomic mass is 16.3. The summed E-state index contributed by atoms with van der Waals surface area (Å²) in [6.45, 7) is 4.55. The Balaban J connectivity index is 0. The molecule has 0 aromatic heterocycles. The number of hydrogen-bond donors (Lipinski definition) is 4. The number of aliphatic hydroxyl groups excluding tert-OH is 4. The van der Waals surface area contributed by atoms with Crippen molar-refractivity contribution in [1.82, 2.24) is 0 Å². The Bertz CT molecular complexity index is 168. The fourth-order valence-corrected chi connectivity index (χ4v) is 2.20. The highest BCUT2D eigenvalue weighted by molar-refractivity contribution is 4.55. The minimum atomic E-state index is -0.281. The second-order valence-corrected chi connectivity index (χ2v) is 6.03. The lowest BCUT2D eigenvalue weighted by Crippen LogP contribution is -2.08. The lowest BCUT2D eigenvalue weighted by molar-refractivity contribution is 0.122. The van der Waals surface area contributed by atoms with Gasteiger partial charge in [0.1, 0.15) is 0 Å². The first-order valence-corrected chi connectivity index (χ1v) is 9.20. The van der Waals surface area contributed by atoms with E-state index in [1.165, 1.54) is 38.5 Å². The second-order valence-electron chi connectivity index (χ2n) is 6.03. The highest BCUT2D eigenvalue weighted by Gasteiger charge is 2.02. The molecule has 0 fully saturated rings. The Morgan fingerprint density at radius 1 is 0.545 bits per heavy atom. The van der Waals surface area contributed by atoms with Crippen molar-refractivity contribution in [3.05, 3.63) is 0 Å². The van der Waals surface area contributed by atoms with Gasteiger partial charge < -0.3 is 20.4 Å². The van der Waals surface area contributed by atoms with Crippen LogP contribution in [0.15, 0.2) is 0 Å². The molecule has 0 aliphatic rings. The Kier molecular flexibility index (Phi) is 22.8. The molecule has 4 heteroatoms. The van der Waals surface area contributed by atoms with Crippen molar-refractivity contribution < 1.29 is 20.4 Å². The highest BCUT2D eigenvalue weighted by Crippen LogP contribution is 2.07. The summed E-state index contributed by atoms with van der Waals surface area (Å²) in [5.41, 5.74) is 0. The van der Waals surface area contributed by atoms with E-state index in [0.29, 0.717) is 12.8 Å². The number of hydrogen-bond acceptors (Lipinski definition) is 4. The molecule has 0 rings (SSSR count). The van der Waals surface area contributed by atoms with Crippen molar-refractivity contribution in [1.29, 1.82) is 0 Å². The third-order valence-corrected chi connectivity index (χ3v) is 3.71. The Labute approximate surface area is 137 Å². The fourth-order valence-electron chi connectivity index (χ4n) is 2.20. The lowest BCUT2D eigenvalue weighted by Gasteiger charge is -2.07. The van der Waals surface area contributed by atoms with Gasteiger partial charge in [0.2, 0.25) is 0 Å². The monoisotopic (exact) mass is 320 g/mol. The van der Waals surface area contributed by atoms with Crippen LogP contribution in [0.2, 0.25) is 0 Å². The van der Waals surface area contributed by atoms with Gasteiger partial charge in [0.25, 0.3) is 0 Å². The summed E-state index contributed by atoms with van der Waals surface area (Å²) < 4.78 is 0. The van der Waals surface area contributed by atoms with Gasteiger partial charge in [-0.3, -0.25) is 0 Å². The first-order valence-electron chi connectivity index (χ1n) is 9.20. The van der Waals surface area contributed by atoms with E-state index in [0.717, 1.165) is 25.7 Å². The molecule has 4 N–H and O–H groups in total. The molecule has 0 aromatic carbocycles. The lowest BCUT2D eigenvalue weighted by atomic mass is 10.1. The molecular formula is C18H40O4. The minimum Gasteiger partial charge on any atom is -0.396 e. The predicted octanol–water partition coefficient (Wildman–Crippen LogP) is 3.40. The summed E-state index contributed by atoms with van der Waals surface area (Å²) in [4.78, 5) is 0. The zero-order chi connectivity index (χ0) is 17.1. The van der Waals surface area contributed by atoms with Gasteiger partial charge in [-0.1, -0.05) is 65.2 Å². The maximum absolute atomic E-state index is 9.19. The molecule has 0 bridgehead atoms. The molecule has 0 spiro atoms. The fraction of sp³-hybridized carbons (Fsp3) is 1.00. The van der Waals surface area contributed by atoms with Crippen LogP contribution in [0.1, 0.15) is 90.9 Å². The van der Waals surface area contributed by atoms with E-state index in [1.54, 1.807) is 0 Å². The molecule has 0 radical (unpaired) electrons.